The number of rotatable bonds is 10. The lowest BCUT2D eigenvalue weighted by molar-refractivity contribution is 0.0947. The third-order valence-electron chi connectivity index (χ3n) is 4.09. The van der Waals surface area contributed by atoms with Crippen LogP contribution in [0.2, 0.25) is 0 Å². The van der Waals surface area contributed by atoms with Crippen molar-refractivity contribution in [2.75, 3.05) is 33.7 Å². The number of hydrogen-bond acceptors (Lipinski definition) is 4. The summed E-state index contributed by atoms with van der Waals surface area (Å²) < 4.78 is 0. The first kappa shape index (κ1) is 20.6. The number of aryl methyl sites for hydroxylation is 1. The van der Waals surface area contributed by atoms with E-state index < -0.39 is 0 Å². The summed E-state index contributed by atoms with van der Waals surface area (Å²) in [6, 6.07) is 13.3. The molecule has 1 heterocycles. The van der Waals surface area contributed by atoms with Crippen molar-refractivity contribution in [2.24, 2.45) is 0 Å². The number of pyridine rings is 1. The Labute approximate surface area is 161 Å². The quantitative estimate of drug-likeness (QED) is 0.630. The summed E-state index contributed by atoms with van der Waals surface area (Å²) >= 11 is 0. The fourth-order valence-corrected chi connectivity index (χ4v) is 2.62. The van der Waals surface area contributed by atoms with Crippen molar-refractivity contribution in [2.45, 2.75) is 19.3 Å². The molecule has 0 spiro atoms. The first-order valence-corrected chi connectivity index (χ1v) is 9.27. The second kappa shape index (κ2) is 11.1. The van der Waals surface area contributed by atoms with Gasteiger partial charge >= 0.3 is 0 Å². The highest BCUT2D eigenvalue weighted by atomic mass is 16.2. The fourth-order valence-electron chi connectivity index (χ4n) is 2.62. The van der Waals surface area contributed by atoms with Gasteiger partial charge in [-0.2, -0.15) is 0 Å². The average Bonchev–Trinajstić information content (AvgIpc) is 2.69. The van der Waals surface area contributed by atoms with E-state index in [9.17, 15) is 9.59 Å². The van der Waals surface area contributed by atoms with Crippen LogP contribution in [-0.2, 0) is 6.42 Å². The lowest BCUT2D eigenvalue weighted by Gasteiger charge is -2.10. The molecule has 0 radical (unpaired) electrons. The predicted octanol–water partition coefficient (Wildman–Crippen LogP) is 2.13. The average molecular weight is 368 g/mol. The lowest BCUT2D eigenvalue weighted by atomic mass is 10.1. The second-order valence-corrected chi connectivity index (χ2v) is 6.69. The SMILES string of the molecule is CN(C)CCCNC(=O)c1cc(C(=O)NCCCc2ccccc2)ccn1. The number of benzene rings is 1. The number of carbonyl (C=O) groups is 2. The molecule has 1 aromatic carbocycles. The summed E-state index contributed by atoms with van der Waals surface area (Å²) in [4.78, 5) is 30.6. The molecule has 6 heteroatoms. The number of carbonyl (C=O) groups excluding carboxylic acids is 2. The Morgan fingerprint density at radius 1 is 0.963 bits per heavy atom. The minimum atomic E-state index is -0.257. The molecule has 0 aliphatic carbocycles. The van der Waals surface area contributed by atoms with Gasteiger partial charge < -0.3 is 15.5 Å². The maximum absolute atomic E-state index is 12.3. The van der Waals surface area contributed by atoms with Crippen molar-refractivity contribution in [3.63, 3.8) is 0 Å². The Bertz CT molecular complexity index is 732. The third-order valence-corrected chi connectivity index (χ3v) is 4.09. The van der Waals surface area contributed by atoms with Crippen molar-refractivity contribution in [3.8, 4) is 0 Å². The predicted molar refractivity (Wildman–Crippen MR) is 107 cm³/mol. The smallest absolute Gasteiger partial charge is 0.269 e. The number of hydrogen-bond donors (Lipinski definition) is 2. The van der Waals surface area contributed by atoms with Crippen LogP contribution in [0, 0.1) is 0 Å². The zero-order valence-corrected chi connectivity index (χ0v) is 16.1. The van der Waals surface area contributed by atoms with Crippen molar-refractivity contribution < 1.29 is 9.59 Å². The summed E-state index contributed by atoms with van der Waals surface area (Å²) in [7, 11) is 3.98. The van der Waals surface area contributed by atoms with E-state index in [4.69, 9.17) is 0 Å². The van der Waals surface area contributed by atoms with Gasteiger partial charge in [0.05, 0.1) is 0 Å². The first-order valence-electron chi connectivity index (χ1n) is 9.27. The van der Waals surface area contributed by atoms with E-state index in [0.717, 1.165) is 25.8 Å². The Hall–Kier alpha value is -2.73. The minimum Gasteiger partial charge on any atom is -0.352 e. The molecule has 0 unspecified atom stereocenters. The van der Waals surface area contributed by atoms with Crippen LogP contribution in [-0.4, -0.2) is 55.4 Å². The highest BCUT2D eigenvalue weighted by Gasteiger charge is 2.11. The summed E-state index contributed by atoms with van der Waals surface area (Å²) in [5, 5.41) is 5.73. The molecule has 1 aromatic heterocycles. The molecule has 144 valence electrons. The van der Waals surface area contributed by atoms with Crippen LogP contribution >= 0.6 is 0 Å². The third kappa shape index (κ3) is 7.58. The lowest BCUT2D eigenvalue weighted by Crippen LogP contribution is -2.29. The van der Waals surface area contributed by atoms with Crippen molar-refractivity contribution >= 4 is 11.8 Å². The molecular weight excluding hydrogens is 340 g/mol. The number of nitrogens with zero attached hydrogens (tertiary/aromatic N) is 2. The summed E-state index contributed by atoms with van der Waals surface area (Å²) in [5.74, 6) is -0.445. The molecule has 0 atom stereocenters. The van der Waals surface area contributed by atoms with Crippen LogP contribution in [0.5, 0.6) is 0 Å². The van der Waals surface area contributed by atoms with Crippen molar-refractivity contribution in [1.29, 1.82) is 0 Å². The summed E-state index contributed by atoms with van der Waals surface area (Å²) in [5.41, 5.74) is 1.96. The molecule has 2 amide bonds. The molecule has 0 saturated heterocycles. The normalized spacial score (nSPS) is 10.6. The van der Waals surface area contributed by atoms with Gasteiger partial charge in [-0.25, -0.2) is 0 Å². The highest BCUT2D eigenvalue weighted by Crippen LogP contribution is 2.04. The number of aromatic nitrogens is 1. The molecule has 2 rings (SSSR count). The van der Waals surface area contributed by atoms with E-state index in [2.05, 4.69) is 32.7 Å². The van der Waals surface area contributed by atoms with Crippen molar-refractivity contribution in [3.05, 3.63) is 65.5 Å². The van der Waals surface area contributed by atoms with Gasteiger partial charge in [-0.3, -0.25) is 14.6 Å². The maximum Gasteiger partial charge on any atom is 0.269 e. The summed E-state index contributed by atoms with van der Waals surface area (Å²) in [6.07, 6.45) is 4.13. The van der Waals surface area contributed by atoms with Crippen LogP contribution in [0.3, 0.4) is 0 Å². The number of nitrogens with one attached hydrogen (secondary N) is 2. The van der Waals surface area contributed by atoms with E-state index in [1.807, 2.05) is 32.3 Å². The molecule has 2 N–H and O–H groups in total. The van der Waals surface area contributed by atoms with E-state index >= 15 is 0 Å². The largest absolute Gasteiger partial charge is 0.352 e. The molecule has 2 aromatic rings. The molecule has 0 aliphatic heterocycles. The standard InChI is InChI=1S/C21H28N4O2/c1-25(2)15-7-13-24-21(27)19-16-18(11-14-22-19)20(26)23-12-6-10-17-8-4-3-5-9-17/h3-5,8-9,11,14,16H,6-7,10,12-13,15H2,1-2H3,(H,23,26)(H,24,27). The Kier molecular flexibility index (Phi) is 8.45. The van der Waals surface area contributed by atoms with Gasteiger partial charge in [0.2, 0.25) is 0 Å². The monoisotopic (exact) mass is 368 g/mol. The molecule has 27 heavy (non-hydrogen) atoms. The van der Waals surface area contributed by atoms with E-state index in [0.29, 0.717) is 18.7 Å². The van der Waals surface area contributed by atoms with Gasteiger partial charge in [-0.05, 0) is 57.6 Å². The second-order valence-electron chi connectivity index (χ2n) is 6.69. The van der Waals surface area contributed by atoms with Crippen molar-refractivity contribution in [1.82, 2.24) is 20.5 Å². The Morgan fingerprint density at radius 3 is 2.41 bits per heavy atom. The highest BCUT2D eigenvalue weighted by molar-refractivity contribution is 5.98. The van der Waals surface area contributed by atoms with E-state index in [1.54, 1.807) is 6.07 Å². The van der Waals surface area contributed by atoms with E-state index in [-0.39, 0.29) is 17.5 Å². The first-order chi connectivity index (χ1) is 13.1. The van der Waals surface area contributed by atoms with Crippen LogP contribution < -0.4 is 10.6 Å². The van der Waals surface area contributed by atoms with Crippen LogP contribution in [0.1, 0.15) is 39.3 Å². The maximum atomic E-state index is 12.3. The molecule has 6 nitrogen and oxygen atoms in total. The Morgan fingerprint density at radius 2 is 1.67 bits per heavy atom. The topological polar surface area (TPSA) is 74.3 Å². The van der Waals surface area contributed by atoms with Gasteiger partial charge in [-0.15, -0.1) is 0 Å². The molecule has 0 bridgehead atoms. The zero-order chi connectivity index (χ0) is 19.5. The van der Waals surface area contributed by atoms with Gasteiger partial charge in [0.25, 0.3) is 11.8 Å². The fraction of sp³-hybridized carbons (Fsp3) is 0.381. The van der Waals surface area contributed by atoms with Crippen LogP contribution in [0.25, 0.3) is 0 Å². The van der Waals surface area contributed by atoms with Crippen LogP contribution in [0.4, 0.5) is 0 Å². The number of amides is 2. The summed E-state index contributed by atoms with van der Waals surface area (Å²) in [6.45, 7) is 2.07. The van der Waals surface area contributed by atoms with Gasteiger partial charge in [-0.1, -0.05) is 30.3 Å². The van der Waals surface area contributed by atoms with Crippen LogP contribution in [0.15, 0.2) is 48.7 Å². The molecule has 0 saturated carbocycles. The van der Waals surface area contributed by atoms with Gasteiger partial charge in [0, 0.05) is 24.8 Å². The Balaban J connectivity index is 1.77. The zero-order valence-electron chi connectivity index (χ0n) is 16.1. The molecule has 0 fully saturated rings. The van der Waals surface area contributed by atoms with E-state index in [1.165, 1.54) is 17.8 Å². The van der Waals surface area contributed by atoms with Gasteiger partial charge in [0.15, 0.2) is 0 Å². The minimum absolute atomic E-state index is 0.188. The van der Waals surface area contributed by atoms with Gasteiger partial charge in [0.1, 0.15) is 5.69 Å². The molecule has 0 aliphatic rings. The molecular formula is C21H28N4O2.